The van der Waals surface area contributed by atoms with Gasteiger partial charge in [0, 0.05) is 19.7 Å². The lowest BCUT2D eigenvalue weighted by atomic mass is 10.2. The van der Waals surface area contributed by atoms with Gasteiger partial charge < -0.3 is 19.7 Å². The third kappa shape index (κ3) is 4.18. The van der Waals surface area contributed by atoms with Gasteiger partial charge in [-0.2, -0.15) is 10.1 Å². The van der Waals surface area contributed by atoms with Crippen molar-refractivity contribution in [3.63, 3.8) is 0 Å². The molecule has 0 fully saturated rings. The van der Waals surface area contributed by atoms with Gasteiger partial charge in [0.2, 0.25) is 5.95 Å². The summed E-state index contributed by atoms with van der Waals surface area (Å²) in [6.07, 6.45) is 1.57. The van der Waals surface area contributed by atoms with Crippen molar-refractivity contribution >= 4 is 17.5 Å². The quantitative estimate of drug-likeness (QED) is 0.700. The summed E-state index contributed by atoms with van der Waals surface area (Å²) in [5.41, 5.74) is 1.91. The summed E-state index contributed by atoms with van der Waals surface area (Å²) >= 11 is 0. The van der Waals surface area contributed by atoms with Gasteiger partial charge in [-0.25, -0.2) is 0 Å². The second-order valence-electron chi connectivity index (χ2n) is 5.67. The zero-order chi connectivity index (χ0) is 18.4. The maximum absolute atomic E-state index is 5.38. The molecule has 1 aromatic heterocycles. The summed E-state index contributed by atoms with van der Waals surface area (Å²) in [6, 6.07) is 15.6. The van der Waals surface area contributed by atoms with Crippen LogP contribution in [0.15, 0.2) is 54.7 Å². The van der Waals surface area contributed by atoms with E-state index in [4.69, 9.17) is 9.47 Å². The van der Waals surface area contributed by atoms with Crippen molar-refractivity contribution in [1.29, 1.82) is 0 Å². The van der Waals surface area contributed by atoms with Crippen molar-refractivity contribution in [2.45, 2.75) is 6.54 Å². The molecule has 0 radical (unpaired) electrons. The molecule has 7 nitrogen and oxygen atoms in total. The van der Waals surface area contributed by atoms with Crippen molar-refractivity contribution in [2.75, 3.05) is 31.5 Å². The first-order valence-corrected chi connectivity index (χ1v) is 8.13. The highest BCUT2D eigenvalue weighted by Crippen LogP contribution is 2.31. The number of hydrogen-bond donors (Lipinski definition) is 1. The molecule has 0 atom stereocenters. The van der Waals surface area contributed by atoms with E-state index in [0.29, 0.717) is 24.1 Å². The minimum Gasteiger partial charge on any atom is -0.497 e. The zero-order valence-corrected chi connectivity index (χ0v) is 15.0. The molecule has 0 spiro atoms. The van der Waals surface area contributed by atoms with Crippen LogP contribution in [0, 0.1) is 0 Å². The Morgan fingerprint density at radius 3 is 2.58 bits per heavy atom. The summed E-state index contributed by atoms with van der Waals surface area (Å²) in [5, 5.41) is 11.4. The number of anilines is 3. The summed E-state index contributed by atoms with van der Waals surface area (Å²) in [5.74, 6) is 2.50. The molecular weight excluding hydrogens is 330 g/mol. The molecular formula is C19H21N5O2. The Kier molecular flexibility index (Phi) is 5.48. The average molecular weight is 351 g/mol. The minimum atomic E-state index is 0.528. The van der Waals surface area contributed by atoms with E-state index in [-0.39, 0.29) is 0 Å². The Hall–Kier alpha value is -3.35. The maximum atomic E-state index is 5.38. The van der Waals surface area contributed by atoms with Crippen LogP contribution in [0.5, 0.6) is 11.5 Å². The second kappa shape index (κ2) is 8.15. The molecule has 2 aromatic carbocycles. The normalized spacial score (nSPS) is 10.3. The van der Waals surface area contributed by atoms with Crippen molar-refractivity contribution in [2.24, 2.45) is 0 Å². The lowest BCUT2D eigenvalue weighted by Gasteiger charge is -2.17. The van der Waals surface area contributed by atoms with Crippen LogP contribution in [0.3, 0.4) is 0 Å². The topological polar surface area (TPSA) is 72.4 Å². The molecule has 1 heterocycles. The largest absolute Gasteiger partial charge is 0.497 e. The Morgan fingerprint density at radius 2 is 1.85 bits per heavy atom. The van der Waals surface area contributed by atoms with Gasteiger partial charge in [0.25, 0.3) is 0 Å². The lowest BCUT2D eigenvalue weighted by molar-refractivity contribution is 0.405. The van der Waals surface area contributed by atoms with Crippen molar-refractivity contribution < 1.29 is 9.47 Å². The molecule has 0 amide bonds. The van der Waals surface area contributed by atoms with E-state index >= 15 is 0 Å². The number of methoxy groups -OCH3 is 2. The third-order valence-corrected chi connectivity index (χ3v) is 3.82. The van der Waals surface area contributed by atoms with Crippen LogP contribution in [0.1, 0.15) is 5.56 Å². The van der Waals surface area contributed by atoms with E-state index in [1.165, 1.54) is 5.56 Å². The van der Waals surface area contributed by atoms with Crippen LogP contribution in [0.4, 0.5) is 17.5 Å². The molecule has 0 aliphatic rings. The maximum Gasteiger partial charge on any atom is 0.247 e. The molecule has 0 saturated carbocycles. The van der Waals surface area contributed by atoms with E-state index in [2.05, 4.69) is 32.6 Å². The second-order valence-corrected chi connectivity index (χ2v) is 5.67. The SMILES string of the molecule is COc1ccc(OC)c(Nc2cnnc(N(C)Cc3ccccc3)n2)c1. The third-order valence-electron chi connectivity index (χ3n) is 3.82. The molecule has 0 aliphatic carbocycles. The zero-order valence-electron chi connectivity index (χ0n) is 15.0. The summed E-state index contributed by atoms with van der Waals surface area (Å²) in [6.45, 7) is 0.689. The first-order valence-electron chi connectivity index (χ1n) is 8.13. The summed E-state index contributed by atoms with van der Waals surface area (Å²) in [4.78, 5) is 6.48. The van der Waals surface area contributed by atoms with Crippen LogP contribution < -0.4 is 19.7 Å². The molecule has 0 aliphatic heterocycles. The van der Waals surface area contributed by atoms with E-state index in [0.717, 1.165) is 11.4 Å². The predicted octanol–water partition coefficient (Wildman–Crippen LogP) is 3.27. The van der Waals surface area contributed by atoms with Gasteiger partial charge >= 0.3 is 0 Å². The minimum absolute atomic E-state index is 0.528. The molecule has 0 unspecified atom stereocenters. The fourth-order valence-electron chi connectivity index (χ4n) is 2.49. The van der Waals surface area contributed by atoms with E-state index < -0.39 is 0 Å². The highest BCUT2D eigenvalue weighted by atomic mass is 16.5. The molecule has 1 N–H and O–H groups in total. The Labute approximate surface area is 152 Å². The van der Waals surface area contributed by atoms with Gasteiger partial charge in [0.15, 0.2) is 5.82 Å². The fraction of sp³-hybridized carbons (Fsp3) is 0.211. The van der Waals surface area contributed by atoms with Crippen molar-refractivity contribution in [3.05, 3.63) is 60.3 Å². The predicted molar refractivity (Wildman–Crippen MR) is 101 cm³/mol. The van der Waals surface area contributed by atoms with Gasteiger partial charge in [0.05, 0.1) is 26.1 Å². The molecule has 7 heteroatoms. The number of rotatable bonds is 7. The van der Waals surface area contributed by atoms with E-state index in [1.807, 2.05) is 48.3 Å². The van der Waals surface area contributed by atoms with Crippen LogP contribution in [-0.2, 0) is 6.54 Å². The molecule has 0 bridgehead atoms. The highest BCUT2D eigenvalue weighted by molar-refractivity contribution is 5.66. The van der Waals surface area contributed by atoms with Gasteiger partial charge in [-0.3, -0.25) is 0 Å². The first kappa shape index (κ1) is 17.5. The standard InChI is InChI=1S/C19H21N5O2/c1-24(13-14-7-5-4-6-8-14)19-22-18(12-20-23-19)21-16-11-15(25-2)9-10-17(16)26-3/h4-12H,13H2,1-3H3,(H,21,22,23). The first-order chi connectivity index (χ1) is 12.7. The van der Waals surface area contributed by atoms with Gasteiger partial charge in [-0.1, -0.05) is 30.3 Å². The fourth-order valence-corrected chi connectivity index (χ4v) is 2.49. The molecule has 134 valence electrons. The van der Waals surface area contributed by atoms with E-state index in [9.17, 15) is 0 Å². The number of ether oxygens (including phenoxy) is 2. The number of hydrogen-bond acceptors (Lipinski definition) is 7. The Morgan fingerprint density at radius 1 is 1.04 bits per heavy atom. The highest BCUT2D eigenvalue weighted by Gasteiger charge is 2.10. The number of aromatic nitrogens is 3. The van der Waals surface area contributed by atoms with Crippen LogP contribution in [0.25, 0.3) is 0 Å². The molecule has 0 saturated heterocycles. The smallest absolute Gasteiger partial charge is 0.247 e. The van der Waals surface area contributed by atoms with Gasteiger partial charge in [0.1, 0.15) is 11.5 Å². The Bertz CT molecular complexity index is 858. The van der Waals surface area contributed by atoms with Crippen molar-refractivity contribution in [1.82, 2.24) is 15.2 Å². The number of nitrogens with zero attached hydrogens (tertiary/aromatic N) is 4. The van der Waals surface area contributed by atoms with E-state index in [1.54, 1.807) is 20.4 Å². The Balaban J connectivity index is 1.79. The molecule has 26 heavy (non-hydrogen) atoms. The van der Waals surface area contributed by atoms with Crippen molar-refractivity contribution in [3.8, 4) is 11.5 Å². The summed E-state index contributed by atoms with van der Waals surface area (Å²) in [7, 11) is 5.17. The molecule has 3 rings (SSSR count). The lowest BCUT2D eigenvalue weighted by Crippen LogP contribution is -2.20. The van der Waals surface area contributed by atoms with Crippen LogP contribution in [0.2, 0.25) is 0 Å². The summed E-state index contributed by atoms with van der Waals surface area (Å²) < 4.78 is 10.6. The van der Waals surface area contributed by atoms with Crippen LogP contribution >= 0.6 is 0 Å². The average Bonchev–Trinajstić information content (AvgIpc) is 2.69. The number of nitrogens with one attached hydrogen (secondary N) is 1. The van der Waals surface area contributed by atoms with Gasteiger partial charge in [-0.05, 0) is 17.7 Å². The van der Waals surface area contributed by atoms with Gasteiger partial charge in [-0.15, -0.1) is 5.10 Å². The number of benzene rings is 2. The van der Waals surface area contributed by atoms with Crippen LogP contribution in [-0.4, -0.2) is 36.4 Å². The molecule has 3 aromatic rings. The monoisotopic (exact) mass is 351 g/mol.